The number of hydrogen-bond donors (Lipinski definition) is 2. The van der Waals surface area contributed by atoms with E-state index in [0.29, 0.717) is 13.2 Å². The molecule has 3 rings (SSSR count). The van der Waals surface area contributed by atoms with E-state index >= 15 is 0 Å². The second-order valence-corrected chi connectivity index (χ2v) is 4.57. The average Bonchev–Trinajstić information content (AvgIpc) is 2.79. The molecule has 2 aromatic rings. The first kappa shape index (κ1) is 11.9. The monoisotopic (exact) mass is 257 g/mol. The van der Waals surface area contributed by atoms with Gasteiger partial charge in [-0.1, -0.05) is 12.1 Å². The number of phenols is 1. The van der Waals surface area contributed by atoms with Gasteiger partial charge in [0.2, 0.25) is 0 Å². The highest BCUT2D eigenvalue weighted by atomic mass is 16.5. The standard InChI is InChI=1S/C15H15NO3/c16-14-9-19-15-7-12(5-6-13(14)15)18-8-10-1-3-11(17)4-2-10/h1-7,14,17H,8-9,16H2. The van der Waals surface area contributed by atoms with Gasteiger partial charge in [0.25, 0.3) is 0 Å². The summed E-state index contributed by atoms with van der Waals surface area (Å²) in [5.74, 6) is 1.81. The van der Waals surface area contributed by atoms with Gasteiger partial charge >= 0.3 is 0 Å². The predicted octanol–water partition coefficient (Wildman–Crippen LogP) is 2.36. The lowest BCUT2D eigenvalue weighted by molar-refractivity contribution is 0.301. The first-order valence-corrected chi connectivity index (χ1v) is 6.15. The quantitative estimate of drug-likeness (QED) is 0.886. The third kappa shape index (κ3) is 2.48. The summed E-state index contributed by atoms with van der Waals surface area (Å²) in [6.45, 7) is 0.974. The van der Waals surface area contributed by atoms with E-state index in [1.165, 1.54) is 0 Å². The smallest absolute Gasteiger partial charge is 0.127 e. The normalized spacial score (nSPS) is 16.8. The molecular weight excluding hydrogens is 242 g/mol. The van der Waals surface area contributed by atoms with Crippen molar-refractivity contribution in [1.82, 2.24) is 0 Å². The molecule has 1 unspecified atom stereocenters. The van der Waals surface area contributed by atoms with Crippen molar-refractivity contribution in [2.75, 3.05) is 6.61 Å². The van der Waals surface area contributed by atoms with Crippen molar-refractivity contribution in [3.63, 3.8) is 0 Å². The van der Waals surface area contributed by atoms with E-state index in [4.69, 9.17) is 15.2 Å². The number of fused-ring (bicyclic) bond motifs is 1. The molecule has 1 aliphatic rings. The van der Waals surface area contributed by atoms with Gasteiger partial charge in [-0.2, -0.15) is 0 Å². The molecule has 0 fully saturated rings. The zero-order valence-corrected chi connectivity index (χ0v) is 10.4. The Hall–Kier alpha value is -2.20. The predicted molar refractivity (Wildman–Crippen MR) is 71.3 cm³/mol. The Labute approximate surface area is 111 Å². The molecule has 0 saturated heterocycles. The van der Waals surface area contributed by atoms with Gasteiger partial charge in [0.15, 0.2) is 0 Å². The summed E-state index contributed by atoms with van der Waals surface area (Å²) in [6, 6.07) is 12.6. The highest BCUT2D eigenvalue weighted by molar-refractivity contribution is 5.44. The molecule has 0 bridgehead atoms. The second kappa shape index (κ2) is 4.82. The molecule has 1 atom stereocenters. The molecule has 0 aliphatic carbocycles. The Balaban J connectivity index is 1.69. The van der Waals surface area contributed by atoms with Crippen LogP contribution in [0, 0.1) is 0 Å². The molecule has 98 valence electrons. The number of hydrogen-bond acceptors (Lipinski definition) is 4. The minimum absolute atomic E-state index is 0.0406. The van der Waals surface area contributed by atoms with Gasteiger partial charge < -0.3 is 20.3 Å². The van der Waals surface area contributed by atoms with Crippen LogP contribution in [0.25, 0.3) is 0 Å². The van der Waals surface area contributed by atoms with Crippen LogP contribution in [0.2, 0.25) is 0 Å². The number of ether oxygens (including phenoxy) is 2. The Morgan fingerprint density at radius 3 is 2.79 bits per heavy atom. The Kier molecular flexibility index (Phi) is 3.01. The highest BCUT2D eigenvalue weighted by Crippen LogP contribution is 2.34. The van der Waals surface area contributed by atoms with Crippen LogP contribution in [0.15, 0.2) is 42.5 Å². The SMILES string of the molecule is NC1COc2cc(OCc3ccc(O)cc3)ccc21. The van der Waals surface area contributed by atoms with Crippen molar-refractivity contribution >= 4 is 0 Å². The molecule has 0 radical (unpaired) electrons. The fourth-order valence-corrected chi connectivity index (χ4v) is 2.06. The molecule has 0 aromatic heterocycles. The van der Waals surface area contributed by atoms with Gasteiger partial charge in [-0.05, 0) is 29.8 Å². The summed E-state index contributed by atoms with van der Waals surface area (Å²) in [7, 11) is 0. The molecule has 0 amide bonds. The van der Waals surface area contributed by atoms with Gasteiger partial charge in [0, 0.05) is 11.6 Å². The summed E-state index contributed by atoms with van der Waals surface area (Å²) >= 11 is 0. The van der Waals surface area contributed by atoms with Crippen LogP contribution in [0.1, 0.15) is 17.2 Å². The molecule has 0 saturated carbocycles. The minimum Gasteiger partial charge on any atom is -0.508 e. The lowest BCUT2D eigenvalue weighted by Gasteiger charge is -2.08. The first-order valence-electron chi connectivity index (χ1n) is 6.15. The summed E-state index contributed by atoms with van der Waals surface area (Å²) in [6.07, 6.45) is 0. The molecular formula is C15H15NO3. The van der Waals surface area contributed by atoms with Crippen LogP contribution >= 0.6 is 0 Å². The number of benzene rings is 2. The topological polar surface area (TPSA) is 64.7 Å². The summed E-state index contributed by atoms with van der Waals surface area (Å²) in [4.78, 5) is 0. The highest BCUT2D eigenvalue weighted by Gasteiger charge is 2.20. The molecule has 3 N–H and O–H groups in total. The summed E-state index contributed by atoms with van der Waals surface area (Å²) < 4.78 is 11.2. The Morgan fingerprint density at radius 2 is 2.00 bits per heavy atom. The van der Waals surface area contributed by atoms with Crippen LogP contribution in [-0.4, -0.2) is 11.7 Å². The first-order chi connectivity index (χ1) is 9.22. The maximum absolute atomic E-state index is 9.20. The van der Waals surface area contributed by atoms with E-state index < -0.39 is 0 Å². The molecule has 19 heavy (non-hydrogen) atoms. The Morgan fingerprint density at radius 1 is 1.21 bits per heavy atom. The zero-order valence-electron chi connectivity index (χ0n) is 10.4. The summed E-state index contributed by atoms with van der Waals surface area (Å²) in [5, 5.41) is 9.20. The van der Waals surface area contributed by atoms with Crippen molar-refractivity contribution in [3.8, 4) is 17.2 Å². The largest absolute Gasteiger partial charge is 0.508 e. The lowest BCUT2D eigenvalue weighted by Crippen LogP contribution is -2.10. The molecule has 2 aromatic carbocycles. The van der Waals surface area contributed by atoms with E-state index in [2.05, 4.69) is 0 Å². The van der Waals surface area contributed by atoms with Crippen LogP contribution in [0.5, 0.6) is 17.2 Å². The molecule has 4 nitrogen and oxygen atoms in total. The Bertz CT molecular complexity index is 580. The van der Waals surface area contributed by atoms with Gasteiger partial charge in [0.1, 0.15) is 30.5 Å². The fourth-order valence-electron chi connectivity index (χ4n) is 2.06. The number of aromatic hydroxyl groups is 1. The van der Waals surface area contributed by atoms with Crippen LogP contribution in [-0.2, 0) is 6.61 Å². The third-order valence-electron chi connectivity index (χ3n) is 3.14. The summed E-state index contributed by atoms with van der Waals surface area (Å²) in [5.41, 5.74) is 7.91. The van der Waals surface area contributed by atoms with Gasteiger partial charge in [0.05, 0.1) is 6.04 Å². The fraction of sp³-hybridized carbons (Fsp3) is 0.200. The maximum Gasteiger partial charge on any atom is 0.127 e. The van der Waals surface area contributed by atoms with Gasteiger partial charge in [-0.25, -0.2) is 0 Å². The van der Waals surface area contributed by atoms with Crippen molar-refractivity contribution in [1.29, 1.82) is 0 Å². The van der Waals surface area contributed by atoms with E-state index in [0.717, 1.165) is 22.6 Å². The second-order valence-electron chi connectivity index (χ2n) is 4.57. The van der Waals surface area contributed by atoms with Crippen LogP contribution in [0.4, 0.5) is 0 Å². The zero-order chi connectivity index (χ0) is 13.2. The van der Waals surface area contributed by atoms with Crippen molar-refractivity contribution < 1.29 is 14.6 Å². The van der Waals surface area contributed by atoms with E-state index in [1.54, 1.807) is 12.1 Å². The van der Waals surface area contributed by atoms with E-state index in [-0.39, 0.29) is 11.8 Å². The number of nitrogens with two attached hydrogens (primary N) is 1. The van der Waals surface area contributed by atoms with Gasteiger partial charge in [-0.3, -0.25) is 0 Å². The molecule has 4 heteroatoms. The minimum atomic E-state index is -0.0406. The molecule has 1 heterocycles. The number of phenolic OH excluding ortho intramolecular Hbond substituents is 1. The third-order valence-corrected chi connectivity index (χ3v) is 3.14. The van der Waals surface area contributed by atoms with Crippen molar-refractivity contribution in [2.24, 2.45) is 5.73 Å². The van der Waals surface area contributed by atoms with E-state index in [9.17, 15) is 5.11 Å². The van der Waals surface area contributed by atoms with Crippen molar-refractivity contribution in [2.45, 2.75) is 12.6 Å². The number of rotatable bonds is 3. The van der Waals surface area contributed by atoms with Gasteiger partial charge in [-0.15, -0.1) is 0 Å². The maximum atomic E-state index is 9.20. The molecule has 1 aliphatic heterocycles. The van der Waals surface area contributed by atoms with Crippen molar-refractivity contribution in [3.05, 3.63) is 53.6 Å². The van der Waals surface area contributed by atoms with Crippen LogP contribution in [0.3, 0.4) is 0 Å². The molecule has 0 spiro atoms. The van der Waals surface area contributed by atoms with E-state index in [1.807, 2.05) is 30.3 Å². The van der Waals surface area contributed by atoms with Crippen LogP contribution < -0.4 is 15.2 Å². The lowest BCUT2D eigenvalue weighted by atomic mass is 10.1. The average molecular weight is 257 g/mol.